The normalized spacial score (nSPS) is 16.8. The van der Waals surface area contributed by atoms with Gasteiger partial charge in [0, 0.05) is 6.61 Å². The van der Waals surface area contributed by atoms with E-state index in [-0.39, 0.29) is 10.2 Å². The molecule has 0 spiro atoms. The first-order valence-electron chi connectivity index (χ1n) is 17.4. The fourth-order valence-corrected chi connectivity index (χ4v) is 12.8. The van der Waals surface area contributed by atoms with Crippen LogP contribution in [0, 0.1) is 35.5 Å². The van der Waals surface area contributed by atoms with E-state index >= 15 is 0 Å². The van der Waals surface area contributed by atoms with E-state index in [4.69, 9.17) is 4.43 Å². The second-order valence-electron chi connectivity index (χ2n) is 15.2. The van der Waals surface area contributed by atoms with Gasteiger partial charge in [-0.1, -0.05) is 148 Å². The second-order valence-corrected chi connectivity index (χ2v) is 20.7. The average Bonchev–Trinajstić information content (AvgIpc) is 2.93. The van der Waals surface area contributed by atoms with Gasteiger partial charge in [-0.15, -0.1) is 0 Å². The van der Waals surface area contributed by atoms with Crippen LogP contribution in [0.3, 0.4) is 0 Å². The number of thioether (sulfide) groups is 1. The summed E-state index contributed by atoms with van der Waals surface area (Å²) in [5.41, 5.74) is 0. The van der Waals surface area contributed by atoms with E-state index in [0.717, 1.165) is 36.5 Å². The average molecular weight is 637 g/mol. The smallest absolute Gasteiger partial charge is 0.261 e. The molecule has 2 rings (SSSR count). The molecule has 2 aromatic carbocycles. The molecule has 0 heterocycles. The highest BCUT2D eigenvalue weighted by molar-refractivity contribution is 8.14. The van der Waals surface area contributed by atoms with Crippen molar-refractivity contribution in [1.29, 1.82) is 0 Å². The van der Waals surface area contributed by atoms with Gasteiger partial charge in [-0.2, -0.15) is 0 Å². The van der Waals surface area contributed by atoms with Crippen molar-refractivity contribution >= 4 is 35.6 Å². The van der Waals surface area contributed by atoms with E-state index < -0.39 is 8.32 Å². The molecule has 0 bridgehead atoms. The van der Waals surface area contributed by atoms with Crippen molar-refractivity contribution < 1.29 is 9.22 Å². The second kappa shape index (κ2) is 19.1. The Hall–Kier alpha value is -1.62. The van der Waals surface area contributed by atoms with Crippen LogP contribution in [0.1, 0.15) is 108 Å². The largest absolute Gasteiger partial charge is 0.407 e. The van der Waals surface area contributed by atoms with Crippen LogP contribution in [-0.4, -0.2) is 25.8 Å². The highest BCUT2D eigenvalue weighted by Gasteiger charge is 2.50. The number of hydrogen-bond donors (Lipinski definition) is 0. The molecule has 0 unspecified atom stereocenters. The van der Waals surface area contributed by atoms with Crippen LogP contribution in [0.25, 0.3) is 0 Å². The molecule has 0 aliphatic heterocycles. The maximum Gasteiger partial charge on any atom is 0.261 e. The number of hydrogen-bond acceptors (Lipinski definition) is 3. The lowest BCUT2D eigenvalue weighted by Gasteiger charge is -2.43. The van der Waals surface area contributed by atoms with Gasteiger partial charge >= 0.3 is 0 Å². The summed E-state index contributed by atoms with van der Waals surface area (Å²) in [5.74, 6) is 4.87. The molecule has 0 saturated heterocycles. The molecule has 0 radical (unpaired) electrons. The Kier molecular flexibility index (Phi) is 16.8. The lowest BCUT2D eigenvalue weighted by atomic mass is 9.82. The van der Waals surface area contributed by atoms with Crippen LogP contribution < -0.4 is 10.4 Å². The summed E-state index contributed by atoms with van der Waals surface area (Å²) in [6, 6.07) is 22.0. The fraction of sp³-hybridized carbons (Fsp3) is 0.625. The molecule has 4 heteroatoms. The number of rotatable bonds is 19. The van der Waals surface area contributed by atoms with Crippen molar-refractivity contribution in [2.45, 2.75) is 113 Å². The molecule has 0 amide bonds. The van der Waals surface area contributed by atoms with Crippen LogP contribution in [0.5, 0.6) is 0 Å². The SMILES string of the molecule is CCSC(=O)/C=C/C[C@H](C)C[C@H](C)C[C@H](C)C[C@H](C)C[C@H](C)C[C@H](C)CO[Si](c1ccccc1)(c1ccccc1)C(C)(C)C. The zero-order valence-electron chi connectivity index (χ0n) is 29.8. The van der Waals surface area contributed by atoms with Crippen LogP contribution in [0.4, 0.5) is 0 Å². The number of carbonyl (C=O) groups excluding carboxylic acids is 1. The van der Waals surface area contributed by atoms with Gasteiger partial charge in [0.25, 0.3) is 8.32 Å². The summed E-state index contributed by atoms with van der Waals surface area (Å²) in [6.45, 7) is 24.4. The summed E-state index contributed by atoms with van der Waals surface area (Å²) in [7, 11) is -2.48. The minimum atomic E-state index is -2.48. The highest BCUT2D eigenvalue weighted by atomic mass is 32.2. The molecule has 2 aromatic rings. The van der Waals surface area contributed by atoms with E-state index in [1.165, 1.54) is 54.2 Å². The van der Waals surface area contributed by atoms with Gasteiger partial charge in [0.15, 0.2) is 0 Å². The monoisotopic (exact) mass is 636 g/mol. The number of carbonyl (C=O) groups is 1. The van der Waals surface area contributed by atoms with Gasteiger partial charge in [0.1, 0.15) is 0 Å². The predicted octanol–water partition coefficient (Wildman–Crippen LogP) is 10.6. The Morgan fingerprint density at radius 3 is 1.52 bits per heavy atom. The number of benzene rings is 2. The van der Waals surface area contributed by atoms with Crippen LogP contribution in [-0.2, 0) is 9.22 Å². The summed E-state index contributed by atoms with van der Waals surface area (Å²) in [4.78, 5) is 11.7. The molecule has 0 N–H and O–H groups in total. The Bertz CT molecular complexity index is 1050. The van der Waals surface area contributed by atoms with E-state index in [9.17, 15) is 4.79 Å². The highest BCUT2D eigenvalue weighted by Crippen LogP contribution is 2.37. The third kappa shape index (κ3) is 12.6. The lowest BCUT2D eigenvalue weighted by Crippen LogP contribution is -2.66. The van der Waals surface area contributed by atoms with Crippen molar-refractivity contribution in [1.82, 2.24) is 0 Å². The maximum absolute atomic E-state index is 11.7. The minimum absolute atomic E-state index is 0.0180. The molecule has 0 fully saturated rings. The zero-order valence-corrected chi connectivity index (χ0v) is 31.6. The first-order chi connectivity index (χ1) is 20.8. The van der Waals surface area contributed by atoms with Gasteiger partial charge in [0.05, 0.1) is 0 Å². The Labute approximate surface area is 277 Å². The molecule has 0 aliphatic rings. The van der Waals surface area contributed by atoms with Gasteiger partial charge in [0.2, 0.25) is 5.12 Å². The van der Waals surface area contributed by atoms with Crippen molar-refractivity contribution in [3.8, 4) is 0 Å². The molecule has 6 atom stereocenters. The number of allylic oxidation sites excluding steroid dienone is 1. The van der Waals surface area contributed by atoms with E-state index in [2.05, 4.69) is 129 Å². The van der Waals surface area contributed by atoms with Gasteiger partial charge in [-0.3, -0.25) is 4.79 Å². The van der Waals surface area contributed by atoms with Gasteiger partial charge in [-0.25, -0.2) is 0 Å². The first-order valence-corrected chi connectivity index (χ1v) is 20.3. The molecule has 0 aromatic heterocycles. The van der Waals surface area contributed by atoms with Crippen LogP contribution in [0.2, 0.25) is 5.04 Å². The summed E-state index contributed by atoms with van der Waals surface area (Å²) in [5, 5.41) is 2.93. The van der Waals surface area contributed by atoms with Gasteiger partial charge < -0.3 is 4.43 Å². The first kappa shape index (κ1) is 38.6. The van der Waals surface area contributed by atoms with Crippen molar-refractivity contribution in [3.63, 3.8) is 0 Å². The van der Waals surface area contributed by atoms with E-state index in [1.807, 2.05) is 6.92 Å². The zero-order chi connectivity index (χ0) is 32.8. The summed E-state index contributed by atoms with van der Waals surface area (Å²) >= 11 is 1.39. The molecular weight excluding hydrogens is 573 g/mol. The Morgan fingerprint density at radius 2 is 1.11 bits per heavy atom. The molecule has 2 nitrogen and oxygen atoms in total. The molecule has 246 valence electrons. The van der Waals surface area contributed by atoms with Crippen LogP contribution >= 0.6 is 11.8 Å². The Morgan fingerprint density at radius 1 is 0.705 bits per heavy atom. The van der Waals surface area contributed by atoms with E-state index in [1.54, 1.807) is 6.08 Å². The molecular formula is C40H64O2SSi. The minimum Gasteiger partial charge on any atom is -0.407 e. The quantitative estimate of drug-likeness (QED) is 0.113. The van der Waals surface area contributed by atoms with E-state index in [0.29, 0.717) is 17.8 Å². The standard InChI is InChI=1S/C40H64O2SSi/c1-11-43-39(41)24-18-19-31(2)25-32(3)26-33(4)27-34(5)28-35(6)29-36(7)30-42-44(40(8,9)10,37-20-14-12-15-21-37)38-22-16-13-17-23-38/h12-18,20-24,31-36H,11,19,25-30H2,1-10H3/b24-18+/t31-,32-,33-,34-,35-,36-/m0/s1. The third-order valence-electron chi connectivity index (χ3n) is 9.10. The third-order valence-corrected chi connectivity index (χ3v) is 14.8. The molecule has 0 aliphatic carbocycles. The Balaban J connectivity index is 1.88. The van der Waals surface area contributed by atoms with Crippen molar-refractivity contribution in [3.05, 3.63) is 72.8 Å². The summed E-state index contributed by atoms with van der Waals surface area (Å²) < 4.78 is 7.24. The predicted molar refractivity (Wildman–Crippen MR) is 199 cm³/mol. The lowest BCUT2D eigenvalue weighted by molar-refractivity contribution is -0.107. The maximum atomic E-state index is 11.7. The summed E-state index contributed by atoms with van der Waals surface area (Å²) in [6.07, 6.45) is 11.2. The van der Waals surface area contributed by atoms with Crippen molar-refractivity contribution in [2.75, 3.05) is 12.4 Å². The van der Waals surface area contributed by atoms with Gasteiger partial charge in [-0.05, 0) is 101 Å². The fourth-order valence-electron chi connectivity index (χ4n) is 7.60. The topological polar surface area (TPSA) is 26.3 Å². The molecule has 44 heavy (non-hydrogen) atoms. The van der Waals surface area contributed by atoms with Crippen LogP contribution in [0.15, 0.2) is 72.8 Å². The molecule has 0 saturated carbocycles. The van der Waals surface area contributed by atoms with Crippen molar-refractivity contribution in [2.24, 2.45) is 35.5 Å².